The fraction of sp³-hybridized carbons (Fsp3) is 0.333. The van der Waals surface area contributed by atoms with Crippen LogP contribution in [0.4, 0.5) is 5.69 Å². The molecule has 1 aliphatic heterocycles. The third-order valence-corrected chi connectivity index (χ3v) is 5.09. The molecule has 1 aliphatic rings. The fourth-order valence-electron chi connectivity index (χ4n) is 3.59. The molecule has 0 saturated carbocycles. The van der Waals surface area contributed by atoms with E-state index < -0.39 is 0 Å². The Hall–Kier alpha value is -2.17. The Labute approximate surface area is 159 Å². The quantitative estimate of drug-likeness (QED) is 0.616. The number of amides is 1. The molecular weight excluding hydrogens is 346 g/mol. The van der Waals surface area contributed by atoms with Crippen LogP contribution < -0.4 is 10.3 Å². The van der Waals surface area contributed by atoms with Gasteiger partial charge in [0.2, 0.25) is 0 Å². The Kier molecular flexibility index (Phi) is 6.07. The van der Waals surface area contributed by atoms with Crippen LogP contribution in [0, 0.1) is 0 Å². The van der Waals surface area contributed by atoms with Crippen LogP contribution in [-0.4, -0.2) is 25.7 Å². The summed E-state index contributed by atoms with van der Waals surface area (Å²) >= 11 is 5.85. The van der Waals surface area contributed by atoms with E-state index in [4.69, 9.17) is 11.6 Å². The topological polar surface area (TPSA) is 45.9 Å². The summed E-state index contributed by atoms with van der Waals surface area (Å²) in [6.07, 6.45) is 6.25. The van der Waals surface area contributed by atoms with Crippen molar-refractivity contribution in [2.75, 3.05) is 13.6 Å². The zero-order chi connectivity index (χ0) is 18.5. The molecule has 2 aromatic rings. The van der Waals surface area contributed by atoms with E-state index in [1.54, 1.807) is 30.5 Å². The minimum atomic E-state index is -0.240. The summed E-state index contributed by atoms with van der Waals surface area (Å²) in [5.74, 6) is -0.240. The molecule has 3 rings (SSSR count). The summed E-state index contributed by atoms with van der Waals surface area (Å²) in [5, 5.41) is 4.80. The van der Waals surface area contributed by atoms with Gasteiger partial charge in [0.25, 0.3) is 5.91 Å². The molecule has 1 atom stereocenters. The summed E-state index contributed by atoms with van der Waals surface area (Å²) in [7, 11) is 2.24. The van der Waals surface area contributed by atoms with Crippen LogP contribution in [0.5, 0.6) is 0 Å². The normalized spacial score (nSPS) is 16.5. The second-order valence-corrected chi connectivity index (χ2v) is 7.19. The van der Waals surface area contributed by atoms with Crippen molar-refractivity contribution in [1.29, 1.82) is 0 Å². The van der Waals surface area contributed by atoms with E-state index in [0.717, 1.165) is 31.4 Å². The van der Waals surface area contributed by atoms with Crippen LogP contribution in [0.15, 0.2) is 41.5 Å². The number of nitrogens with one attached hydrogen (secondary N) is 2. The van der Waals surface area contributed by atoms with Crippen molar-refractivity contribution in [3.05, 3.63) is 63.7 Å². The number of carbonyl (C=O) groups excluding carboxylic acids is 1. The van der Waals surface area contributed by atoms with Crippen molar-refractivity contribution in [2.45, 2.75) is 32.6 Å². The molecule has 0 fully saturated rings. The number of fused-ring (bicyclic) bond motifs is 1. The van der Waals surface area contributed by atoms with Gasteiger partial charge in [-0.05, 0) is 37.1 Å². The molecular formula is C21H25ClN3O+. The maximum absolute atomic E-state index is 12.2. The number of rotatable bonds is 5. The molecule has 0 radical (unpaired) electrons. The smallest absolute Gasteiger partial charge is 0.271 e. The average molecular weight is 371 g/mol. The Morgan fingerprint density at radius 2 is 2.04 bits per heavy atom. The van der Waals surface area contributed by atoms with Gasteiger partial charge in [-0.3, -0.25) is 4.79 Å². The molecule has 0 aliphatic carbocycles. The zero-order valence-electron chi connectivity index (χ0n) is 15.3. The molecule has 1 amide bonds. The predicted molar refractivity (Wildman–Crippen MR) is 107 cm³/mol. The summed E-state index contributed by atoms with van der Waals surface area (Å²) in [4.78, 5) is 13.6. The number of benzene rings is 2. The van der Waals surface area contributed by atoms with Gasteiger partial charge < -0.3 is 4.90 Å². The third kappa shape index (κ3) is 4.14. The largest absolute Gasteiger partial charge is 0.304 e. The number of hydrogen-bond donors (Lipinski definition) is 2. The number of nitrogens with zero attached hydrogens (tertiary/aromatic N) is 1. The molecule has 1 unspecified atom stereocenters. The summed E-state index contributed by atoms with van der Waals surface area (Å²) in [6.45, 7) is 3.36. The third-order valence-electron chi connectivity index (χ3n) is 4.84. The molecule has 2 N–H and O–H groups in total. The van der Waals surface area contributed by atoms with Gasteiger partial charge in [-0.15, -0.1) is 0 Å². The molecule has 0 spiro atoms. The molecule has 26 heavy (non-hydrogen) atoms. The molecule has 4 nitrogen and oxygen atoms in total. The second kappa shape index (κ2) is 8.47. The number of halogens is 1. The van der Waals surface area contributed by atoms with Crippen LogP contribution in [-0.2, 0) is 12.8 Å². The average Bonchev–Trinajstić information content (AvgIpc) is 2.64. The molecule has 136 valence electrons. The van der Waals surface area contributed by atoms with Gasteiger partial charge in [-0.1, -0.05) is 37.1 Å². The highest BCUT2D eigenvalue weighted by Crippen LogP contribution is 2.25. The maximum Gasteiger partial charge on any atom is 0.271 e. The minimum absolute atomic E-state index is 0.240. The van der Waals surface area contributed by atoms with Crippen LogP contribution in [0.25, 0.3) is 0 Å². The lowest BCUT2D eigenvalue weighted by Crippen LogP contribution is -3.05. The maximum atomic E-state index is 12.2. The highest BCUT2D eigenvalue weighted by Gasteiger charge is 2.23. The first-order valence-electron chi connectivity index (χ1n) is 9.16. The van der Waals surface area contributed by atoms with Crippen molar-refractivity contribution in [1.82, 2.24) is 5.43 Å². The standard InChI is InChI=1S/C21H24ClN3O/c1-3-5-19-17(8-7-15-6-4-13-25(2)20(15)19)14-23-24-21(26)16-9-11-18(22)12-10-16/h7-12,14H,3-6,13H2,1-2H3,(H,24,26)/p+1/b23-14+. The highest BCUT2D eigenvalue weighted by molar-refractivity contribution is 6.30. The Morgan fingerprint density at radius 3 is 2.77 bits per heavy atom. The number of hydrazone groups is 1. The lowest BCUT2D eigenvalue weighted by Gasteiger charge is -2.25. The van der Waals surface area contributed by atoms with Gasteiger partial charge >= 0.3 is 0 Å². The summed E-state index contributed by atoms with van der Waals surface area (Å²) in [5.41, 5.74) is 8.45. The van der Waals surface area contributed by atoms with Gasteiger partial charge in [0.05, 0.1) is 19.8 Å². The van der Waals surface area contributed by atoms with E-state index >= 15 is 0 Å². The zero-order valence-corrected chi connectivity index (χ0v) is 16.1. The van der Waals surface area contributed by atoms with Gasteiger partial charge in [0.15, 0.2) is 0 Å². The van der Waals surface area contributed by atoms with Crippen LogP contribution in [0.1, 0.15) is 46.8 Å². The van der Waals surface area contributed by atoms with Gasteiger partial charge in [-0.2, -0.15) is 5.10 Å². The van der Waals surface area contributed by atoms with Crippen LogP contribution in [0.3, 0.4) is 0 Å². The van der Waals surface area contributed by atoms with Crippen molar-refractivity contribution >= 4 is 29.4 Å². The van der Waals surface area contributed by atoms with E-state index in [9.17, 15) is 4.79 Å². The predicted octanol–water partition coefficient (Wildman–Crippen LogP) is 3.15. The van der Waals surface area contributed by atoms with Crippen molar-refractivity contribution < 1.29 is 9.69 Å². The van der Waals surface area contributed by atoms with Gasteiger partial charge in [0.1, 0.15) is 5.69 Å². The molecule has 2 aromatic carbocycles. The van der Waals surface area contributed by atoms with Crippen LogP contribution in [0.2, 0.25) is 5.02 Å². The van der Waals surface area contributed by atoms with E-state index in [-0.39, 0.29) is 5.91 Å². The Bertz CT molecular complexity index is 815. The van der Waals surface area contributed by atoms with Crippen molar-refractivity contribution in [2.24, 2.45) is 5.10 Å². The van der Waals surface area contributed by atoms with Crippen molar-refractivity contribution in [3.63, 3.8) is 0 Å². The fourth-order valence-corrected chi connectivity index (χ4v) is 3.71. The first-order valence-corrected chi connectivity index (χ1v) is 9.54. The lowest BCUT2D eigenvalue weighted by molar-refractivity contribution is -0.813. The highest BCUT2D eigenvalue weighted by atomic mass is 35.5. The lowest BCUT2D eigenvalue weighted by atomic mass is 9.92. The molecule has 0 aromatic heterocycles. The monoisotopic (exact) mass is 370 g/mol. The summed E-state index contributed by atoms with van der Waals surface area (Å²) in [6, 6.07) is 11.1. The Morgan fingerprint density at radius 1 is 1.27 bits per heavy atom. The number of aryl methyl sites for hydroxylation is 1. The van der Waals surface area contributed by atoms with E-state index in [1.165, 1.54) is 28.1 Å². The van der Waals surface area contributed by atoms with Crippen LogP contribution >= 0.6 is 11.6 Å². The van der Waals surface area contributed by atoms with E-state index in [1.807, 2.05) is 0 Å². The van der Waals surface area contributed by atoms with E-state index in [0.29, 0.717) is 10.6 Å². The van der Waals surface area contributed by atoms with Gasteiger partial charge in [-0.25, -0.2) is 5.43 Å². The summed E-state index contributed by atoms with van der Waals surface area (Å²) < 4.78 is 0. The first kappa shape index (κ1) is 18.6. The molecule has 0 bridgehead atoms. The van der Waals surface area contributed by atoms with E-state index in [2.05, 4.69) is 36.6 Å². The SMILES string of the molecule is CCCc1c(/C=N/NC(=O)c2ccc(Cl)cc2)ccc2c1[NH+](C)CCC2. The van der Waals surface area contributed by atoms with Crippen molar-refractivity contribution in [3.8, 4) is 0 Å². The minimum Gasteiger partial charge on any atom is -0.304 e. The number of hydrogen-bond acceptors (Lipinski definition) is 2. The second-order valence-electron chi connectivity index (χ2n) is 6.76. The molecule has 5 heteroatoms. The van der Waals surface area contributed by atoms with Gasteiger partial charge in [0, 0.05) is 33.7 Å². The number of carbonyl (C=O) groups is 1. The number of quaternary nitrogens is 1. The first-order chi connectivity index (χ1) is 12.6. The Balaban J connectivity index is 1.80. The molecule has 1 heterocycles. The molecule has 0 saturated heterocycles.